The van der Waals surface area contributed by atoms with Crippen LogP contribution in [0, 0.1) is 0 Å². The van der Waals surface area contributed by atoms with Crippen LogP contribution in [0.3, 0.4) is 0 Å². The number of aromatic nitrogens is 2. The third-order valence-electron chi connectivity index (χ3n) is 5.32. The summed E-state index contributed by atoms with van der Waals surface area (Å²) in [5, 5.41) is 4.59. The molecule has 31 heavy (non-hydrogen) atoms. The van der Waals surface area contributed by atoms with E-state index >= 15 is 0 Å². The molecule has 1 aromatic heterocycles. The Morgan fingerprint density at radius 2 is 1.71 bits per heavy atom. The predicted molar refractivity (Wildman–Crippen MR) is 119 cm³/mol. The van der Waals surface area contributed by atoms with E-state index in [1.54, 1.807) is 15.8 Å². The molecule has 1 saturated heterocycles. The number of nitrogens with one attached hydrogen (secondary N) is 1. The number of likely N-dealkylation sites (tertiary alicyclic amines) is 1. The SMILES string of the molecule is O=C1CCCN1CCCNS(=O)(=O)c1cn(Cc2ccccc2)nc1-c1ccccc1. The van der Waals surface area contributed by atoms with Gasteiger partial charge in [-0.25, -0.2) is 13.1 Å². The first-order valence-corrected chi connectivity index (χ1v) is 12.0. The summed E-state index contributed by atoms with van der Waals surface area (Å²) in [6.45, 7) is 2.08. The quantitative estimate of drug-likeness (QED) is 0.521. The summed E-state index contributed by atoms with van der Waals surface area (Å²) in [5.41, 5.74) is 2.22. The third kappa shape index (κ3) is 5.21. The molecule has 4 rings (SSSR count). The Morgan fingerprint density at radius 3 is 2.39 bits per heavy atom. The van der Waals surface area contributed by atoms with Gasteiger partial charge in [0.05, 0.1) is 6.54 Å². The fourth-order valence-electron chi connectivity index (χ4n) is 3.74. The van der Waals surface area contributed by atoms with Gasteiger partial charge < -0.3 is 4.90 Å². The van der Waals surface area contributed by atoms with Gasteiger partial charge in [0.2, 0.25) is 15.9 Å². The molecule has 1 amide bonds. The smallest absolute Gasteiger partial charge is 0.244 e. The van der Waals surface area contributed by atoms with Crippen LogP contribution in [0.4, 0.5) is 0 Å². The van der Waals surface area contributed by atoms with Crippen molar-refractivity contribution in [3.8, 4) is 11.3 Å². The van der Waals surface area contributed by atoms with Gasteiger partial charge in [0.25, 0.3) is 0 Å². The number of amides is 1. The summed E-state index contributed by atoms with van der Waals surface area (Å²) >= 11 is 0. The number of hydrogen-bond acceptors (Lipinski definition) is 4. The number of carbonyl (C=O) groups is 1. The Balaban J connectivity index is 1.52. The predicted octanol–water partition coefficient (Wildman–Crippen LogP) is 2.89. The van der Waals surface area contributed by atoms with E-state index in [-0.39, 0.29) is 17.3 Å². The Bertz CT molecular complexity index is 1130. The van der Waals surface area contributed by atoms with Crippen LogP contribution in [-0.4, -0.2) is 48.6 Å². The fourth-order valence-corrected chi connectivity index (χ4v) is 4.98. The molecule has 2 heterocycles. The first-order valence-electron chi connectivity index (χ1n) is 10.5. The van der Waals surface area contributed by atoms with E-state index in [1.165, 1.54) is 0 Å². The summed E-state index contributed by atoms with van der Waals surface area (Å²) in [6.07, 6.45) is 3.63. The Labute approximate surface area is 182 Å². The molecule has 0 unspecified atom stereocenters. The highest BCUT2D eigenvalue weighted by Gasteiger charge is 2.24. The molecular formula is C23H26N4O3S. The maximum Gasteiger partial charge on any atom is 0.244 e. The molecule has 8 heteroatoms. The molecule has 162 valence electrons. The number of nitrogens with zero attached hydrogens (tertiary/aromatic N) is 3. The number of sulfonamides is 1. The molecule has 0 radical (unpaired) electrons. The molecule has 3 aromatic rings. The highest BCUT2D eigenvalue weighted by atomic mass is 32.2. The van der Waals surface area contributed by atoms with Crippen molar-refractivity contribution in [1.29, 1.82) is 0 Å². The zero-order valence-electron chi connectivity index (χ0n) is 17.3. The number of benzene rings is 2. The maximum atomic E-state index is 13.1. The second-order valence-corrected chi connectivity index (χ2v) is 9.36. The summed E-state index contributed by atoms with van der Waals surface area (Å²) in [4.78, 5) is 13.7. The molecule has 1 aliphatic heterocycles. The minimum absolute atomic E-state index is 0.149. The molecule has 1 N–H and O–H groups in total. The van der Waals surface area contributed by atoms with Crippen molar-refractivity contribution in [2.45, 2.75) is 30.7 Å². The lowest BCUT2D eigenvalue weighted by Crippen LogP contribution is -2.30. The van der Waals surface area contributed by atoms with Crippen LogP contribution in [0.1, 0.15) is 24.8 Å². The van der Waals surface area contributed by atoms with Crippen LogP contribution in [0.2, 0.25) is 0 Å². The van der Waals surface area contributed by atoms with Crippen molar-refractivity contribution in [2.24, 2.45) is 0 Å². The lowest BCUT2D eigenvalue weighted by Gasteiger charge is -2.15. The average Bonchev–Trinajstić information content (AvgIpc) is 3.39. The van der Waals surface area contributed by atoms with Gasteiger partial charge in [-0.15, -0.1) is 0 Å². The highest BCUT2D eigenvalue weighted by molar-refractivity contribution is 7.89. The summed E-state index contributed by atoms with van der Waals surface area (Å²) in [5.74, 6) is 0.149. The number of rotatable bonds is 9. The van der Waals surface area contributed by atoms with E-state index in [2.05, 4.69) is 9.82 Å². The Kier molecular flexibility index (Phi) is 6.48. The second-order valence-electron chi connectivity index (χ2n) is 7.63. The topological polar surface area (TPSA) is 84.3 Å². The van der Waals surface area contributed by atoms with Crippen LogP contribution >= 0.6 is 0 Å². The van der Waals surface area contributed by atoms with Crippen LogP contribution < -0.4 is 4.72 Å². The minimum Gasteiger partial charge on any atom is -0.343 e. The molecule has 2 aromatic carbocycles. The van der Waals surface area contributed by atoms with Gasteiger partial charge in [0.15, 0.2) is 0 Å². The molecule has 0 spiro atoms. The van der Waals surface area contributed by atoms with E-state index in [1.807, 2.05) is 60.7 Å². The van der Waals surface area contributed by atoms with Crippen molar-refractivity contribution in [3.05, 3.63) is 72.4 Å². The molecule has 1 aliphatic rings. The van der Waals surface area contributed by atoms with Gasteiger partial charge in [-0.1, -0.05) is 60.7 Å². The van der Waals surface area contributed by atoms with Crippen molar-refractivity contribution < 1.29 is 13.2 Å². The first kappa shape index (κ1) is 21.3. The summed E-state index contributed by atoms with van der Waals surface area (Å²) in [7, 11) is -3.76. The second kappa shape index (κ2) is 9.45. The van der Waals surface area contributed by atoms with Gasteiger partial charge in [0, 0.05) is 37.8 Å². The van der Waals surface area contributed by atoms with Gasteiger partial charge in [-0.2, -0.15) is 5.10 Å². The summed E-state index contributed by atoms with van der Waals surface area (Å²) < 4.78 is 30.6. The molecule has 0 aliphatic carbocycles. The zero-order chi connectivity index (χ0) is 21.7. The van der Waals surface area contributed by atoms with Gasteiger partial charge in [-0.05, 0) is 18.4 Å². The number of hydrogen-bond donors (Lipinski definition) is 1. The highest BCUT2D eigenvalue weighted by Crippen LogP contribution is 2.26. The van der Waals surface area contributed by atoms with E-state index in [4.69, 9.17) is 0 Å². The number of carbonyl (C=O) groups excluding carboxylic acids is 1. The standard InChI is InChI=1S/C23H26N4O3S/c28-22-13-7-15-26(22)16-8-14-24-31(29,30)21-18-27(17-19-9-3-1-4-10-19)25-23(21)20-11-5-2-6-12-20/h1-6,9-12,18,24H,7-8,13-17H2. The first-order chi connectivity index (χ1) is 15.0. The van der Waals surface area contributed by atoms with Crippen molar-refractivity contribution >= 4 is 15.9 Å². The minimum atomic E-state index is -3.76. The molecular weight excluding hydrogens is 412 g/mol. The fraction of sp³-hybridized carbons (Fsp3) is 0.304. The van der Waals surface area contributed by atoms with Gasteiger partial charge in [-0.3, -0.25) is 9.48 Å². The van der Waals surface area contributed by atoms with Crippen molar-refractivity contribution in [1.82, 2.24) is 19.4 Å². The molecule has 0 saturated carbocycles. The van der Waals surface area contributed by atoms with Crippen molar-refractivity contribution in [3.63, 3.8) is 0 Å². The van der Waals surface area contributed by atoms with Crippen molar-refractivity contribution in [2.75, 3.05) is 19.6 Å². The molecule has 0 atom stereocenters. The Hall–Kier alpha value is -2.97. The van der Waals surface area contributed by atoms with Crippen LogP contribution in [0.5, 0.6) is 0 Å². The van der Waals surface area contributed by atoms with Crippen LogP contribution in [-0.2, 0) is 21.4 Å². The largest absolute Gasteiger partial charge is 0.343 e. The van der Waals surface area contributed by atoms with Gasteiger partial charge in [0.1, 0.15) is 10.6 Å². The van der Waals surface area contributed by atoms with Crippen LogP contribution in [0.25, 0.3) is 11.3 Å². The van der Waals surface area contributed by atoms with E-state index < -0.39 is 10.0 Å². The van der Waals surface area contributed by atoms with E-state index in [9.17, 15) is 13.2 Å². The maximum absolute atomic E-state index is 13.1. The monoisotopic (exact) mass is 438 g/mol. The molecule has 1 fully saturated rings. The third-order valence-corrected chi connectivity index (χ3v) is 6.78. The molecule has 0 bridgehead atoms. The average molecular weight is 439 g/mol. The zero-order valence-corrected chi connectivity index (χ0v) is 18.1. The van der Waals surface area contributed by atoms with Gasteiger partial charge >= 0.3 is 0 Å². The summed E-state index contributed by atoms with van der Waals surface area (Å²) in [6, 6.07) is 19.1. The normalized spacial score (nSPS) is 14.3. The van der Waals surface area contributed by atoms with Crippen LogP contribution in [0.15, 0.2) is 71.8 Å². The van der Waals surface area contributed by atoms with E-state index in [0.29, 0.717) is 31.6 Å². The van der Waals surface area contributed by atoms with E-state index in [0.717, 1.165) is 24.1 Å². The lowest BCUT2D eigenvalue weighted by atomic mass is 10.2. The lowest BCUT2D eigenvalue weighted by molar-refractivity contribution is -0.127. The molecule has 7 nitrogen and oxygen atoms in total. The Morgan fingerprint density at radius 1 is 1.00 bits per heavy atom.